The summed E-state index contributed by atoms with van der Waals surface area (Å²) in [6, 6.07) is 0. The van der Waals surface area contributed by atoms with Crippen molar-refractivity contribution in [3.63, 3.8) is 0 Å². The van der Waals surface area contributed by atoms with Gasteiger partial charge in [-0.1, -0.05) is 24.9 Å². The Morgan fingerprint density at radius 1 is 1.41 bits per heavy atom. The minimum absolute atomic E-state index is 0.0305. The molecule has 1 aromatic rings. The van der Waals surface area contributed by atoms with Crippen LogP contribution in [-0.2, 0) is 11.7 Å². The standard InChI is InChI=1S/C10H14F3N3O/c1-6-4-2-3-5-9(6,14)7-15-8(17-16-7)10(11,12)13/h6H,2-5,14H2,1H3. The van der Waals surface area contributed by atoms with E-state index in [0.717, 1.165) is 19.3 Å². The summed E-state index contributed by atoms with van der Waals surface area (Å²) in [5.74, 6) is -1.30. The predicted molar refractivity (Wildman–Crippen MR) is 52.8 cm³/mol. The minimum Gasteiger partial charge on any atom is -0.329 e. The first-order valence-electron chi connectivity index (χ1n) is 5.54. The zero-order valence-corrected chi connectivity index (χ0v) is 9.42. The van der Waals surface area contributed by atoms with Gasteiger partial charge < -0.3 is 10.3 Å². The molecule has 0 spiro atoms. The maximum absolute atomic E-state index is 12.4. The molecule has 2 unspecified atom stereocenters. The Balaban J connectivity index is 2.30. The Morgan fingerprint density at radius 3 is 2.65 bits per heavy atom. The monoisotopic (exact) mass is 249 g/mol. The maximum Gasteiger partial charge on any atom is 0.471 e. The number of hydrogen-bond acceptors (Lipinski definition) is 4. The molecule has 0 aromatic carbocycles. The molecule has 0 bridgehead atoms. The van der Waals surface area contributed by atoms with Crippen LogP contribution in [0.5, 0.6) is 0 Å². The molecular formula is C10H14F3N3O. The van der Waals surface area contributed by atoms with Gasteiger partial charge in [-0.05, 0) is 18.8 Å². The zero-order valence-electron chi connectivity index (χ0n) is 9.42. The van der Waals surface area contributed by atoms with Crippen LogP contribution in [0.25, 0.3) is 0 Å². The molecule has 7 heteroatoms. The molecule has 2 N–H and O–H groups in total. The number of rotatable bonds is 1. The van der Waals surface area contributed by atoms with E-state index in [0.29, 0.717) is 6.42 Å². The van der Waals surface area contributed by atoms with Crippen molar-refractivity contribution in [1.82, 2.24) is 10.1 Å². The van der Waals surface area contributed by atoms with Crippen LogP contribution in [0.2, 0.25) is 0 Å². The third-order valence-corrected chi connectivity index (χ3v) is 3.44. The smallest absolute Gasteiger partial charge is 0.329 e. The van der Waals surface area contributed by atoms with Crippen LogP contribution in [-0.4, -0.2) is 10.1 Å². The second-order valence-electron chi connectivity index (χ2n) is 4.61. The van der Waals surface area contributed by atoms with Gasteiger partial charge >= 0.3 is 12.1 Å². The van der Waals surface area contributed by atoms with Crippen molar-refractivity contribution in [3.05, 3.63) is 11.7 Å². The van der Waals surface area contributed by atoms with Crippen LogP contribution in [0.15, 0.2) is 4.52 Å². The highest BCUT2D eigenvalue weighted by molar-refractivity contribution is 5.08. The summed E-state index contributed by atoms with van der Waals surface area (Å²) in [4.78, 5) is 3.40. The molecule has 0 saturated heterocycles. The lowest BCUT2D eigenvalue weighted by atomic mass is 9.74. The molecule has 1 aliphatic rings. The highest BCUT2D eigenvalue weighted by Crippen LogP contribution is 2.39. The normalized spacial score (nSPS) is 30.5. The van der Waals surface area contributed by atoms with Gasteiger partial charge in [0.25, 0.3) is 0 Å². The number of hydrogen-bond donors (Lipinski definition) is 1. The lowest BCUT2D eigenvalue weighted by Crippen LogP contribution is -2.46. The van der Waals surface area contributed by atoms with Gasteiger partial charge in [0.2, 0.25) is 0 Å². The fourth-order valence-corrected chi connectivity index (χ4v) is 2.23. The Bertz CT molecular complexity index is 404. The first-order chi connectivity index (χ1) is 7.84. The van der Waals surface area contributed by atoms with E-state index in [1.807, 2.05) is 6.92 Å². The second-order valence-corrected chi connectivity index (χ2v) is 4.61. The molecule has 1 fully saturated rings. The second kappa shape index (κ2) is 3.97. The highest BCUT2D eigenvalue weighted by atomic mass is 19.4. The molecule has 4 nitrogen and oxygen atoms in total. The van der Waals surface area contributed by atoms with Crippen molar-refractivity contribution in [2.75, 3.05) is 0 Å². The quantitative estimate of drug-likeness (QED) is 0.830. The van der Waals surface area contributed by atoms with Crippen molar-refractivity contribution in [2.45, 2.75) is 44.3 Å². The fraction of sp³-hybridized carbons (Fsp3) is 0.800. The van der Waals surface area contributed by atoms with Crippen molar-refractivity contribution >= 4 is 0 Å². The number of nitrogens with two attached hydrogens (primary N) is 1. The maximum atomic E-state index is 12.4. The van der Waals surface area contributed by atoms with Gasteiger partial charge in [0.15, 0.2) is 5.82 Å². The van der Waals surface area contributed by atoms with Crippen LogP contribution < -0.4 is 5.73 Å². The summed E-state index contributed by atoms with van der Waals surface area (Å²) in [5, 5.41) is 3.40. The van der Waals surface area contributed by atoms with Crippen LogP contribution in [0.4, 0.5) is 13.2 Å². The molecule has 0 aliphatic heterocycles. The Hall–Kier alpha value is -1.11. The third-order valence-electron chi connectivity index (χ3n) is 3.44. The van der Waals surface area contributed by atoms with E-state index in [9.17, 15) is 13.2 Å². The summed E-state index contributed by atoms with van der Waals surface area (Å²) in [7, 11) is 0. The van der Waals surface area contributed by atoms with Crippen molar-refractivity contribution < 1.29 is 17.7 Å². The van der Waals surface area contributed by atoms with Crippen LogP contribution in [0, 0.1) is 5.92 Å². The molecule has 1 aromatic heterocycles. The highest BCUT2D eigenvalue weighted by Gasteiger charge is 2.44. The van der Waals surface area contributed by atoms with Crippen molar-refractivity contribution in [2.24, 2.45) is 11.7 Å². The Kier molecular flexibility index (Phi) is 2.89. The van der Waals surface area contributed by atoms with E-state index < -0.39 is 17.6 Å². The number of aromatic nitrogens is 2. The van der Waals surface area contributed by atoms with E-state index in [1.165, 1.54) is 0 Å². The lowest BCUT2D eigenvalue weighted by molar-refractivity contribution is -0.159. The van der Waals surface area contributed by atoms with Gasteiger partial charge in [-0.25, -0.2) is 0 Å². The first kappa shape index (κ1) is 12.3. The predicted octanol–water partition coefficient (Wildman–Crippen LogP) is 2.45. The van der Waals surface area contributed by atoms with Crippen molar-refractivity contribution in [1.29, 1.82) is 0 Å². The summed E-state index contributed by atoms with van der Waals surface area (Å²) in [6.07, 6.45) is -1.25. The van der Waals surface area contributed by atoms with E-state index in [1.54, 1.807) is 0 Å². The van der Waals surface area contributed by atoms with Crippen LogP contribution in [0.1, 0.15) is 44.3 Å². The van der Waals surface area contributed by atoms with E-state index in [-0.39, 0.29) is 11.7 Å². The first-order valence-corrected chi connectivity index (χ1v) is 5.54. The summed E-state index contributed by atoms with van der Waals surface area (Å²) >= 11 is 0. The summed E-state index contributed by atoms with van der Waals surface area (Å²) < 4.78 is 41.3. The molecule has 0 amide bonds. The molecule has 17 heavy (non-hydrogen) atoms. The van der Waals surface area contributed by atoms with Gasteiger partial charge in [-0.15, -0.1) is 0 Å². The van der Waals surface area contributed by atoms with E-state index in [2.05, 4.69) is 14.7 Å². The molecule has 1 saturated carbocycles. The fourth-order valence-electron chi connectivity index (χ4n) is 2.23. The largest absolute Gasteiger partial charge is 0.471 e. The van der Waals surface area contributed by atoms with E-state index in [4.69, 9.17) is 5.73 Å². The third kappa shape index (κ3) is 2.15. The summed E-state index contributed by atoms with van der Waals surface area (Å²) in [6.45, 7) is 1.91. The molecule has 96 valence electrons. The van der Waals surface area contributed by atoms with Gasteiger partial charge in [0, 0.05) is 0 Å². The van der Waals surface area contributed by atoms with E-state index >= 15 is 0 Å². The van der Waals surface area contributed by atoms with Crippen molar-refractivity contribution in [3.8, 4) is 0 Å². The van der Waals surface area contributed by atoms with Crippen LogP contribution >= 0.6 is 0 Å². The molecule has 2 rings (SSSR count). The van der Waals surface area contributed by atoms with Gasteiger partial charge in [0.05, 0.1) is 5.54 Å². The molecule has 2 atom stereocenters. The van der Waals surface area contributed by atoms with Gasteiger partial charge in [-0.3, -0.25) is 0 Å². The SMILES string of the molecule is CC1CCCCC1(N)c1noc(C(F)(F)F)n1. The summed E-state index contributed by atoms with van der Waals surface area (Å²) in [5.41, 5.74) is 5.23. The van der Waals surface area contributed by atoms with Gasteiger partial charge in [-0.2, -0.15) is 18.2 Å². The topological polar surface area (TPSA) is 64.9 Å². The molecule has 1 heterocycles. The molecule has 1 aliphatic carbocycles. The number of nitrogens with zero attached hydrogens (tertiary/aromatic N) is 2. The average Bonchev–Trinajstić information content (AvgIpc) is 2.71. The number of alkyl halides is 3. The molecular weight excluding hydrogens is 235 g/mol. The zero-order chi connectivity index (χ0) is 12.7. The average molecular weight is 249 g/mol. The Morgan fingerprint density at radius 2 is 2.12 bits per heavy atom. The van der Waals surface area contributed by atoms with Crippen LogP contribution in [0.3, 0.4) is 0 Å². The Labute approximate surface area is 96.4 Å². The van der Waals surface area contributed by atoms with Gasteiger partial charge in [0.1, 0.15) is 0 Å². The number of halogens is 3. The minimum atomic E-state index is -4.61. The molecule has 0 radical (unpaired) electrons. The lowest BCUT2D eigenvalue weighted by Gasteiger charge is -2.36.